The summed E-state index contributed by atoms with van der Waals surface area (Å²) in [5, 5.41) is 4.28. The maximum atomic E-state index is 12.3. The molecule has 96 valence electrons. The molecule has 0 bridgehead atoms. The fourth-order valence-corrected chi connectivity index (χ4v) is 3.68. The van der Waals surface area contributed by atoms with E-state index in [0.29, 0.717) is 16.3 Å². The summed E-state index contributed by atoms with van der Waals surface area (Å²) in [5.74, 6) is 0.395. The van der Waals surface area contributed by atoms with E-state index in [-0.39, 0.29) is 0 Å². The monoisotopic (exact) mass is 327 g/mol. The molecule has 0 amide bonds. The summed E-state index contributed by atoms with van der Waals surface area (Å²) in [6.45, 7) is 1.91. The van der Waals surface area contributed by atoms with Crippen LogP contribution < -0.4 is 5.73 Å². The van der Waals surface area contributed by atoms with Crippen LogP contribution >= 0.6 is 15.9 Å². The number of para-hydroxylation sites is 1. The highest BCUT2D eigenvalue weighted by atomic mass is 79.9. The summed E-state index contributed by atoms with van der Waals surface area (Å²) in [6, 6.07) is 7.23. The number of nitrogen functional groups attached to an aromatic ring is 1. The summed E-state index contributed by atoms with van der Waals surface area (Å²) in [7, 11) is 0.677. The molecule has 6 heteroatoms. The van der Waals surface area contributed by atoms with Gasteiger partial charge in [0.25, 0.3) is 0 Å². The van der Waals surface area contributed by atoms with Crippen LogP contribution in [0.25, 0.3) is 0 Å². The van der Waals surface area contributed by atoms with Crippen molar-refractivity contribution in [2.75, 3.05) is 5.73 Å². The van der Waals surface area contributed by atoms with E-state index in [1.807, 2.05) is 26.1 Å². The van der Waals surface area contributed by atoms with Crippen molar-refractivity contribution < 1.29 is 4.21 Å². The third-order valence-corrected chi connectivity index (χ3v) is 5.12. The lowest BCUT2D eigenvalue weighted by Crippen LogP contribution is -2.05. The topological polar surface area (TPSA) is 60.9 Å². The fourth-order valence-electron chi connectivity index (χ4n) is 1.73. The molecule has 0 radical (unpaired) electrons. The Kier molecular flexibility index (Phi) is 3.87. The molecule has 4 nitrogen and oxygen atoms in total. The fraction of sp³-hybridized carbons (Fsp3) is 0.250. The van der Waals surface area contributed by atoms with Crippen LogP contribution in [0.1, 0.15) is 11.4 Å². The van der Waals surface area contributed by atoms with E-state index in [4.69, 9.17) is 5.73 Å². The molecule has 1 unspecified atom stereocenters. The number of hydrogen-bond donors (Lipinski definition) is 1. The van der Waals surface area contributed by atoms with E-state index in [1.165, 1.54) is 0 Å². The number of rotatable bonds is 3. The third kappa shape index (κ3) is 2.49. The Morgan fingerprint density at radius 3 is 2.67 bits per heavy atom. The molecule has 1 heterocycles. The van der Waals surface area contributed by atoms with Gasteiger partial charge in [0.1, 0.15) is 0 Å². The van der Waals surface area contributed by atoms with E-state index >= 15 is 0 Å². The highest BCUT2D eigenvalue weighted by Gasteiger charge is 2.15. The first-order valence-electron chi connectivity index (χ1n) is 5.41. The predicted octanol–water partition coefficient (Wildman–Crippen LogP) is 2.38. The van der Waals surface area contributed by atoms with E-state index in [9.17, 15) is 4.21 Å². The van der Waals surface area contributed by atoms with Crippen LogP contribution in [-0.4, -0.2) is 14.0 Å². The first-order valence-corrected chi connectivity index (χ1v) is 7.52. The molecule has 1 atom stereocenters. The first kappa shape index (κ1) is 13.3. The second kappa shape index (κ2) is 5.24. The van der Waals surface area contributed by atoms with Gasteiger partial charge in [0.2, 0.25) is 0 Å². The Morgan fingerprint density at radius 1 is 1.44 bits per heavy atom. The number of anilines is 1. The molecule has 2 rings (SSSR count). The van der Waals surface area contributed by atoms with Gasteiger partial charge in [-0.15, -0.1) is 0 Å². The number of aromatic nitrogens is 2. The van der Waals surface area contributed by atoms with Crippen LogP contribution in [0.5, 0.6) is 0 Å². The van der Waals surface area contributed by atoms with Crippen LogP contribution in [0.2, 0.25) is 0 Å². The average molecular weight is 328 g/mol. The van der Waals surface area contributed by atoms with Crippen LogP contribution in [0.15, 0.2) is 33.6 Å². The Hall–Kier alpha value is -1.14. The summed E-state index contributed by atoms with van der Waals surface area (Å²) in [5.41, 5.74) is 8.20. The maximum Gasteiger partial charge on any atom is 0.0738 e. The lowest BCUT2D eigenvalue weighted by molar-refractivity contribution is 0.676. The van der Waals surface area contributed by atoms with Gasteiger partial charge in [-0.1, -0.05) is 12.1 Å². The van der Waals surface area contributed by atoms with Crippen molar-refractivity contribution >= 4 is 32.4 Å². The van der Waals surface area contributed by atoms with Crippen LogP contribution in [0.3, 0.4) is 0 Å². The van der Waals surface area contributed by atoms with Gasteiger partial charge in [-0.25, -0.2) is 0 Å². The van der Waals surface area contributed by atoms with Gasteiger partial charge in [0, 0.05) is 12.7 Å². The molecule has 0 aliphatic carbocycles. The van der Waals surface area contributed by atoms with Crippen molar-refractivity contribution in [1.82, 2.24) is 9.78 Å². The van der Waals surface area contributed by atoms with Gasteiger partial charge in [0.05, 0.1) is 37.3 Å². The van der Waals surface area contributed by atoms with Gasteiger partial charge >= 0.3 is 0 Å². The summed E-state index contributed by atoms with van der Waals surface area (Å²) in [6.07, 6.45) is 0. The zero-order valence-corrected chi connectivity index (χ0v) is 12.6. The first-order chi connectivity index (χ1) is 8.50. The largest absolute Gasteiger partial charge is 0.398 e. The lowest BCUT2D eigenvalue weighted by atomic mass is 10.3. The quantitative estimate of drug-likeness (QED) is 0.880. The molecule has 2 N–H and O–H groups in total. The lowest BCUT2D eigenvalue weighted by Gasteiger charge is -2.06. The van der Waals surface area contributed by atoms with Crippen molar-refractivity contribution in [1.29, 1.82) is 0 Å². The molecular formula is C12H14BrN3OS. The van der Waals surface area contributed by atoms with Crippen LogP contribution in [-0.2, 0) is 23.6 Å². The molecule has 18 heavy (non-hydrogen) atoms. The predicted molar refractivity (Wildman–Crippen MR) is 76.6 cm³/mol. The number of halogens is 1. The van der Waals surface area contributed by atoms with Crippen molar-refractivity contribution in [3.8, 4) is 0 Å². The Bertz CT molecular complexity index is 609. The van der Waals surface area contributed by atoms with E-state index in [2.05, 4.69) is 21.0 Å². The van der Waals surface area contributed by atoms with E-state index < -0.39 is 10.8 Å². The van der Waals surface area contributed by atoms with Crippen LogP contribution in [0, 0.1) is 6.92 Å². The van der Waals surface area contributed by atoms with Crippen LogP contribution in [0.4, 0.5) is 5.69 Å². The maximum absolute atomic E-state index is 12.3. The van der Waals surface area contributed by atoms with Gasteiger partial charge in [-0.3, -0.25) is 8.89 Å². The third-order valence-electron chi connectivity index (χ3n) is 2.69. The normalized spacial score (nSPS) is 12.6. The highest BCUT2D eigenvalue weighted by molar-refractivity contribution is 9.10. The molecule has 2 aromatic rings. The highest BCUT2D eigenvalue weighted by Crippen LogP contribution is 2.24. The zero-order chi connectivity index (χ0) is 13.3. The molecular weight excluding hydrogens is 314 g/mol. The zero-order valence-electron chi connectivity index (χ0n) is 10.2. The van der Waals surface area contributed by atoms with E-state index in [0.717, 1.165) is 15.9 Å². The van der Waals surface area contributed by atoms with E-state index in [1.54, 1.807) is 16.8 Å². The average Bonchev–Trinajstić information content (AvgIpc) is 2.56. The smallest absolute Gasteiger partial charge is 0.0738 e. The molecule has 0 aliphatic rings. The number of hydrogen-bond acceptors (Lipinski definition) is 3. The summed E-state index contributed by atoms with van der Waals surface area (Å²) >= 11 is 3.47. The molecule has 0 fully saturated rings. The van der Waals surface area contributed by atoms with Crippen molar-refractivity contribution in [2.24, 2.45) is 7.05 Å². The van der Waals surface area contributed by atoms with Crippen molar-refractivity contribution in [2.45, 2.75) is 17.6 Å². The summed E-state index contributed by atoms with van der Waals surface area (Å²) in [4.78, 5) is 0.670. The molecule has 0 saturated heterocycles. The minimum absolute atomic E-state index is 0.395. The SMILES string of the molecule is Cc1nn(C)c(CS(=O)c2ccccc2N)c1Br. The second-order valence-corrected chi connectivity index (χ2v) is 6.21. The van der Waals surface area contributed by atoms with Crippen molar-refractivity contribution in [3.63, 3.8) is 0 Å². The number of benzene rings is 1. The van der Waals surface area contributed by atoms with Gasteiger partial charge in [-0.2, -0.15) is 5.10 Å². The van der Waals surface area contributed by atoms with Gasteiger partial charge in [0.15, 0.2) is 0 Å². The van der Waals surface area contributed by atoms with Crippen molar-refractivity contribution in [3.05, 3.63) is 40.1 Å². The Labute approximate surface area is 117 Å². The minimum Gasteiger partial charge on any atom is -0.398 e. The molecule has 1 aromatic heterocycles. The molecule has 0 saturated carbocycles. The Morgan fingerprint density at radius 2 is 2.11 bits per heavy atom. The second-order valence-electron chi connectivity index (χ2n) is 4.00. The standard InChI is InChI=1S/C12H14BrN3OS/c1-8-12(13)10(16(2)15-8)7-18(17)11-6-4-3-5-9(11)14/h3-6H,7,14H2,1-2H3. The molecule has 0 spiro atoms. The minimum atomic E-state index is -1.17. The number of nitrogens with zero attached hydrogens (tertiary/aromatic N) is 2. The Balaban J connectivity index is 2.30. The van der Waals surface area contributed by atoms with Gasteiger partial charge < -0.3 is 5.73 Å². The summed E-state index contributed by atoms with van der Waals surface area (Å²) < 4.78 is 15.0. The number of nitrogens with two attached hydrogens (primary N) is 1. The number of aryl methyl sites for hydroxylation is 2. The van der Waals surface area contributed by atoms with Gasteiger partial charge in [-0.05, 0) is 35.0 Å². The molecule has 0 aliphatic heterocycles. The molecule has 1 aromatic carbocycles.